The Labute approximate surface area is 173 Å². The molecule has 4 nitrogen and oxygen atoms in total. The van der Waals surface area contributed by atoms with Gasteiger partial charge in [-0.2, -0.15) is 0 Å². The quantitative estimate of drug-likeness (QED) is 0.443. The van der Waals surface area contributed by atoms with Crippen LogP contribution in [0, 0.1) is 0 Å². The van der Waals surface area contributed by atoms with Crippen LogP contribution in [0.4, 0.5) is 0 Å². The van der Waals surface area contributed by atoms with Crippen molar-refractivity contribution in [2.75, 3.05) is 13.7 Å². The monoisotopic (exact) mass is 392 g/mol. The average molecular weight is 393 g/mol. The number of aromatic amines is 1. The second-order valence-corrected chi connectivity index (χ2v) is 7.52. The zero-order valence-corrected chi connectivity index (χ0v) is 17.8. The molecule has 1 atom stereocenters. The number of rotatable bonds is 10. The standard InChI is InChI=1S/C25H32N2O2/c1-4-6-7-15-26-24(28)16-22(19-11-13-20(29-3)14-12-19)23-17-27-25-18(5-2)9-8-10-21(23)25/h8-14,17,22,27H,4-7,15-16H2,1-3H3,(H,26,28)/t22-/m0/s1. The molecular formula is C25H32N2O2. The van der Waals surface area contributed by atoms with Crippen molar-refractivity contribution in [1.29, 1.82) is 0 Å². The third-order valence-corrected chi connectivity index (χ3v) is 5.60. The Hall–Kier alpha value is -2.75. The molecule has 4 heteroatoms. The molecule has 0 saturated carbocycles. The molecule has 2 N–H and O–H groups in total. The van der Waals surface area contributed by atoms with Crippen molar-refractivity contribution >= 4 is 16.8 Å². The Morgan fingerprint density at radius 1 is 1.10 bits per heavy atom. The zero-order valence-electron chi connectivity index (χ0n) is 17.8. The van der Waals surface area contributed by atoms with Crippen molar-refractivity contribution in [3.63, 3.8) is 0 Å². The van der Waals surface area contributed by atoms with Crippen LogP contribution in [0.1, 0.15) is 62.1 Å². The first-order valence-corrected chi connectivity index (χ1v) is 10.7. The maximum absolute atomic E-state index is 12.7. The van der Waals surface area contributed by atoms with Crippen molar-refractivity contribution in [3.8, 4) is 5.75 Å². The summed E-state index contributed by atoms with van der Waals surface area (Å²) in [5.41, 5.74) is 4.76. The Kier molecular flexibility index (Phi) is 7.34. The number of H-pyrrole nitrogens is 1. The highest BCUT2D eigenvalue weighted by Crippen LogP contribution is 2.35. The first-order valence-electron chi connectivity index (χ1n) is 10.7. The molecule has 1 aromatic heterocycles. The number of aromatic nitrogens is 1. The lowest BCUT2D eigenvalue weighted by atomic mass is 9.87. The van der Waals surface area contributed by atoms with Gasteiger partial charge in [0.25, 0.3) is 0 Å². The normalized spacial score (nSPS) is 12.1. The van der Waals surface area contributed by atoms with Crippen LogP contribution in [0.15, 0.2) is 48.7 Å². The summed E-state index contributed by atoms with van der Waals surface area (Å²) in [6.07, 6.45) is 6.81. The summed E-state index contributed by atoms with van der Waals surface area (Å²) in [6, 6.07) is 14.5. The molecule has 0 aliphatic carbocycles. The van der Waals surface area contributed by atoms with Crippen LogP contribution in [-0.2, 0) is 11.2 Å². The van der Waals surface area contributed by atoms with Gasteiger partial charge in [-0.3, -0.25) is 4.79 Å². The minimum Gasteiger partial charge on any atom is -0.497 e. The summed E-state index contributed by atoms with van der Waals surface area (Å²) in [7, 11) is 1.67. The molecule has 0 unspecified atom stereocenters. The van der Waals surface area contributed by atoms with Crippen molar-refractivity contribution < 1.29 is 9.53 Å². The minimum absolute atomic E-state index is 0.00654. The summed E-state index contributed by atoms with van der Waals surface area (Å²) in [5, 5.41) is 4.30. The van der Waals surface area contributed by atoms with Crippen LogP contribution in [0.2, 0.25) is 0 Å². The number of benzene rings is 2. The van der Waals surface area contributed by atoms with E-state index in [0.29, 0.717) is 6.42 Å². The van der Waals surface area contributed by atoms with Gasteiger partial charge in [-0.1, -0.05) is 57.0 Å². The maximum atomic E-state index is 12.7. The summed E-state index contributed by atoms with van der Waals surface area (Å²) in [6.45, 7) is 5.08. The van der Waals surface area contributed by atoms with Crippen LogP contribution < -0.4 is 10.1 Å². The van der Waals surface area contributed by atoms with Gasteiger partial charge in [-0.25, -0.2) is 0 Å². The highest BCUT2D eigenvalue weighted by atomic mass is 16.5. The molecule has 2 aromatic carbocycles. The number of hydrogen-bond donors (Lipinski definition) is 2. The van der Waals surface area contributed by atoms with Crippen LogP contribution in [0.25, 0.3) is 10.9 Å². The lowest BCUT2D eigenvalue weighted by Gasteiger charge is -2.18. The molecule has 154 valence electrons. The smallest absolute Gasteiger partial charge is 0.220 e. The van der Waals surface area contributed by atoms with Crippen LogP contribution in [0.3, 0.4) is 0 Å². The first kappa shape index (κ1) is 21.0. The summed E-state index contributed by atoms with van der Waals surface area (Å²) >= 11 is 0. The largest absolute Gasteiger partial charge is 0.497 e. The Morgan fingerprint density at radius 3 is 2.59 bits per heavy atom. The van der Waals surface area contributed by atoms with E-state index in [1.165, 1.54) is 22.0 Å². The number of carbonyl (C=O) groups is 1. The number of carbonyl (C=O) groups excluding carboxylic acids is 1. The van der Waals surface area contributed by atoms with Gasteiger partial charge in [0, 0.05) is 36.0 Å². The van der Waals surface area contributed by atoms with Gasteiger partial charge in [0.15, 0.2) is 0 Å². The van der Waals surface area contributed by atoms with Crippen molar-refractivity contribution in [3.05, 3.63) is 65.4 Å². The minimum atomic E-state index is -0.00654. The van der Waals surface area contributed by atoms with Crippen LogP contribution in [0.5, 0.6) is 5.75 Å². The summed E-state index contributed by atoms with van der Waals surface area (Å²) in [4.78, 5) is 16.2. The van der Waals surface area contributed by atoms with Crippen molar-refractivity contribution in [2.24, 2.45) is 0 Å². The molecule has 3 rings (SSSR count). The van der Waals surface area contributed by atoms with E-state index in [0.717, 1.165) is 43.5 Å². The highest BCUT2D eigenvalue weighted by molar-refractivity contribution is 5.88. The van der Waals surface area contributed by atoms with Gasteiger partial charge in [0.05, 0.1) is 7.11 Å². The molecule has 3 aromatic rings. The molecule has 1 heterocycles. The highest BCUT2D eigenvalue weighted by Gasteiger charge is 2.22. The van der Waals surface area contributed by atoms with E-state index >= 15 is 0 Å². The third-order valence-electron chi connectivity index (χ3n) is 5.60. The second kappa shape index (κ2) is 10.1. The topological polar surface area (TPSA) is 54.1 Å². The predicted octanol–water partition coefficient (Wildman–Crippen LogP) is 5.57. The molecule has 1 amide bonds. The number of amides is 1. The molecule has 0 spiro atoms. The fourth-order valence-electron chi connectivity index (χ4n) is 3.93. The van der Waals surface area contributed by atoms with Gasteiger partial charge in [0.1, 0.15) is 5.75 Å². The van der Waals surface area contributed by atoms with Gasteiger partial charge in [0.2, 0.25) is 5.91 Å². The third kappa shape index (κ3) is 5.00. The number of para-hydroxylation sites is 1. The molecule has 0 aliphatic rings. The summed E-state index contributed by atoms with van der Waals surface area (Å²) in [5.74, 6) is 0.916. The molecule has 0 radical (unpaired) electrons. The maximum Gasteiger partial charge on any atom is 0.220 e. The van der Waals surface area contributed by atoms with E-state index in [9.17, 15) is 4.79 Å². The SMILES string of the molecule is CCCCCNC(=O)C[C@@H](c1ccc(OC)cc1)c1c[nH]c2c(CC)cccc12. The number of ether oxygens (including phenoxy) is 1. The Morgan fingerprint density at radius 2 is 1.90 bits per heavy atom. The van der Waals surface area contributed by atoms with Crippen LogP contribution >= 0.6 is 0 Å². The average Bonchev–Trinajstić information content (AvgIpc) is 3.19. The fraction of sp³-hybridized carbons (Fsp3) is 0.400. The van der Waals surface area contributed by atoms with Gasteiger partial charge < -0.3 is 15.0 Å². The molecule has 0 bridgehead atoms. The molecule has 29 heavy (non-hydrogen) atoms. The fourth-order valence-corrected chi connectivity index (χ4v) is 3.93. The van der Waals surface area contributed by atoms with Gasteiger partial charge in [-0.05, 0) is 41.7 Å². The second-order valence-electron chi connectivity index (χ2n) is 7.52. The van der Waals surface area contributed by atoms with E-state index in [4.69, 9.17) is 4.74 Å². The first-order chi connectivity index (χ1) is 14.2. The van der Waals surface area contributed by atoms with E-state index in [1.807, 2.05) is 12.1 Å². The van der Waals surface area contributed by atoms with Gasteiger partial charge in [-0.15, -0.1) is 0 Å². The molecule has 0 aliphatic heterocycles. The van der Waals surface area contributed by atoms with Crippen LogP contribution in [-0.4, -0.2) is 24.5 Å². The number of hydrogen-bond acceptors (Lipinski definition) is 2. The van der Waals surface area contributed by atoms with Crippen molar-refractivity contribution in [1.82, 2.24) is 10.3 Å². The predicted molar refractivity (Wildman–Crippen MR) is 120 cm³/mol. The van der Waals surface area contributed by atoms with E-state index < -0.39 is 0 Å². The van der Waals surface area contributed by atoms with E-state index in [-0.39, 0.29) is 11.8 Å². The van der Waals surface area contributed by atoms with E-state index in [1.54, 1.807) is 7.11 Å². The zero-order chi connectivity index (χ0) is 20.6. The van der Waals surface area contributed by atoms with Crippen molar-refractivity contribution in [2.45, 2.75) is 51.9 Å². The number of methoxy groups -OCH3 is 1. The number of aryl methyl sites for hydroxylation is 1. The van der Waals surface area contributed by atoms with E-state index in [2.05, 4.69) is 60.7 Å². The van der Waals surface area contributed by atoms with Gasteiger partial charge >= 0.3 is 0 Å². The lowest BCUT2D eigenvalue weighted by molar-refractivity contribution is -0.121. The number of unbranched alkanes of at least 4 members (excludes halogenated alkanes) is 2. The molecular weight excluding hydrogens is 360 g/mol. The number of fused-ring (bicyclic) bond motifs is 1. The Balaban J connectivity index is 1.91. The Bertz CT molecular complexity index is 928. The molecule has 0 fully saturated rings. The molecule has 0 saturated heterocycles. The number of nitrogens with one attached hydrogen (secondary N) is 2. The lowest BCUT2D eigenvalue weighted by Crippen LogP contribution is -2.26. The summed E-state index contributed by atoms with van der Waals surface area (Å²) < 4.78 is 5.31.